The third-order valence-corrected chi connectivity index (χ3v) is 3.95. The van der Waals surface area contributed by atoms with Crippen LogP contribution >= 0.6 is 0 Å². The SMILES string of the molecule is NNC(=O)c1ccoc1CN(CCO)C1CCCCC1. The van der Waals surface area contributed by atoms with Crippen LogP contribution in [-0.4, -0.2) is 35.1 Å². The normalized spacial score (nSPS) is 16.6. The Labute approximate surface area is 118 Å². The summed E-state index contributed by atoms with van der Waals surface area (Å²) in [5.74, 6) is 5.43. The molecule has 4 N–H and O–H groups in total. The Morgan fingerprint density at radius 2 is 2.20 bits per heavy atom. The van der Waals surface area contributed by atoms with E-state index in [2.05, 4.69) is 10.3 Å². The third kappa shape index (κ3) is 3.59. The molecule has 112 valence electrons. The van der Waals surface area contributed by atoms with E-state index in [0.717, 1.165) is 12.8 Å². The van der Waals surface area contributed by atoms with E-state index in [-0.39, 0.29) is 12.5 Å². The van der Waals surface area contributed by atoms with Crippen molar-refractivity contribution < 1.29 is 14.3 Å². The Hall–Kier alpha value is -1.37. The van der Waals surface area contributed by atoms with Crippen LogP contribution in [0.15, 0.2) is 16.7 Å². The van der Waals surface area contributed by atoms with E-state index < -0.39 is 0 Å². The lowest BCUT2D eigenvalue weighted by molar-refractivity contribution is 0.0937. The van der Waals surface area contributed by atoms with Gasteiger partial charge in [-0.2, -0.15) is 0 Å². The molecule has 0 spiro atoms. The minimum absolute atomic E-state index is 0.107. The molecule has 0 bridgehead atoms. The zero-order chi connectivity index (χ0) is 14.4. The summed E-state index contributed by atoms with van der Waals surface area (Å²) in [4.78, 5) is 13.8. The van der Waals surface area contributed by atoms with Gasteiger partial charge >= 0.3 is 0 Å². The summed E-state index contributed by atoms with van der Waals surface area (Å²) in [6, 6.07) is 2.07. The molecule has 1 aliphatic rings. The molecule has 1 aliphatic carbocycles. The first-order valence-corrected chi connectivity index (χ1v) is 7.18. The van der Waals surface area contributed by atoms with Crippen LogP contribution in [0.3, 0.4) is 0 Å². The largest absolute Gasteiger partial charge is 0.467 e. The van der Waals surface area contributed by atoms with E-state index in [1.807, 2.05) is 0 Å². The maximum absolute atomic E-state index is 11.6. The Morgan fingerprint density at radius 3 is 2.85 bits per heavy atom. The lowest BCUT2D eigenvalue weighted by Gasteiger charge is -2.33. The molecular formula is C14H23N3O3. The fraction of sp³-hybridized carbons (Fsp3) is 0.643. The second-order valence-corrected chi connectivity index (χ2v) is 5.22. The molecule has 1 saturated carbocycles. The van der Waals surface area contributed by atoms with Crippen LogP contribution in [0.5, 0.6) is 0 Å². The van der Waals surface area contributed by atoms with E-state index in [0.29, 0.717) is 30.5 Å². The van der Waals surface area contributed by atoms with Gasteiger partial charge in [0, 0.05) is 12.6 Å². The summed E-state index contributed by atoms with van der Waals surface area (Å²) in [7, 11) is 0. The molecule has 0 saturated heterocycles. The number of furan rings is 1. The highest BCUT2D eigenvalue weighted by Gasteiger charge is 2.24. The minimum atomic E-state index is -0.346. The second kappa shape index (κ2) is 7.42. The van der Waals surface area contributed by atoms with Gasteiger partial charge in [-0.25, -0.2) is 5.84 Å². The van der Waals surface area contributed by atoms with Crippen molar-refractivity contribution in [2.45, 2.75) is 44.7 Å². The molecule has 6 heteroatoms. The highest BCUT2D eigenvalue weighted by Crippen LogP contribution is 2.24. The number of hydrogen-bond donors (Lipinski definition) is 3. The van der Waals surface area contributed by atoms with E-state index in [4.69, 9.17) is 10.3 Å². The van der Waals surface area contributed by atoms with E-state index >= 15 is 0 Å². The van der Waals surface area contributed by atoms with E-state index in [1.54, 1.807) is 6.07 Å². The molecule has 0 aromatic carbocycles. The first kappa shape index (κ1) is 15.0. The summed E-state index contributed by atoms with van der Waals surface area (Å²) in [6.45, 7) is 1.23. The number of nitrogens with zero attached hydrogens (tertiary/aromatic N) is 1. The van der Waals surface area contributed by atoms with Gasteiger partial charge in [0.05, 0.1) is 25.0 Å². The number of nitrogens with one attached hydrogen (secondary N) is 1. The monoisotopic (exact) mass is 281 g/mol. The van der Waals surface area contributed by atoms with Gasteiger partial charge in [0.25, 0.3) is 5.91 Å². The van der Waals surface area contributed by atoms with Crippen LogP contribution in [-0.2, 0) is 6.54 Å². The van der Waals surface area contributed by atoms with Crippen molar-refractivity contribution in [2.75, 3.05) is 13.2 Å². The molecule has 1 heterocycles. The minimum Gasteiger partial charge on any atom is -0.467 e. The standard InChI is InChI=1S/C14H23N3O3/c15-16-14(19)12-6-9-20-13(12)10-17(7-8-18)11-4-2-1-3-5-11/h6,9,11,18H,1-5,7-8,10,15H2,(H,16,19). The first-order chi connectivity index (χ1) is 9.76. The highest BCUT2D eigenvalue weighted by molar-refractivity contribution is 5.94. The Morgan fingerprint density at radius 1 is 1.45 bits per heavy atom. The van der Waals surface area contributed by atoms with Crippen LogP contribution in [0.1, 0.15) is 48.2 Å². The molecule has 2 rings (SSSR count). The molecular weight excluding hydrogens is 258 g/mol. The molecule has 1 fully saturated rings. The summed E-state index contributed by atoms with van der Waals surface area (Å²) in [6.07, 6.45) is 7.50. The smallest absolute Gasteiger partial charge is 0.268 e. The molecule has 1 aromatic heterocycles. The van der Waals surface area contributed by atoms with Gasteiger partial charge in [0.2, 0.25) is 0 Å². The van der Waals surface area contributed by atoms with Crippen LogP contribution < -0.4 is 11.3 Å². The van der Waals surface area contributed by atoms with Crippen molar-refractivity contribution in [3.63, 3.8) is 0 Å². The summed E-state index contributed by atoms with van der Waals surface area (Å²) in [5.41, 5.74) is 2.59. The average Bonchev–Trinajstić information content (AvgIpc) is 2.95. The lowest BCUT2D eigenvalue weighted by atomic mass is 9.94. The van der Waals surface area contributed by atoms with Crippen molar-refractivity contribution in [1.82, 2.24) is 10.3 Å². The van der Waals surface area contributed by atoms with Gasteiger partial charge in [-0.3, -0.25) is 15.1 Å². The van der Waals surface area contributed by atoms with Crippen LogP contribution in [0.2, 0.25) is 0 Å². The summed E-state index contributed by atoms with van der Waals surface area (Å²) >= 11 is 0. The average molecular weight is 281 g/mol. The number of carbonyl (C=O) groups excluding carboxylic acids is 1. The summed E-state index contributed by atoms with van der Waals surface area (Å²) in [5, 5.41) is 9.25. The highest BCUT2D eigenvalue weighted by atomic mass is 16.3. The van der Waals surface area contributed by atoms with Crippen LogP contribution in [0.4, 0.5) is 0 Å². The lowest BCUT2D eigenvalue weighted by Crippen LogP contribution is -2.39. The van der Waals surface area contributed by atoms with Crippen molar-refractivity contribution in [3.8, 4) is 0 Å². The maximum atomic E-state index is 11.6. The van der Waals surface area contributed by atoms with Crippen molar-refractivity contribution in [3.05, 3.63) is 23.7 Å². The third-order valence-electron chi connectivity index (χ3n) is 3.95. The molecule has 0 radical (unpaired) electrons. The summed E-state index contributed by atoms with van der Waals surface area (Å²) < 4.78 is 5.42. The maximum Gasteiger partial charge on any atom is 0.268 e. The molecule has 0 atom stereocenters. The number of rotatable bonds is 6. The number of nitrogen functional groups attached to an aromatic ring is 1. The first-order valence-electron chi connectivity index (χ1n) is 7.18. The molecule has 1 aromatic rings. The number of aliphatic hydroxyl groups excluding tert-OH is 1. The number of hydrogen-bond acceptors (Lipinski definition) is 5. The number of amides is 1. The number of nitrogens with two attached hydrogens (primary N) is 1. The van der Waals surface area contributed by atoms with Gasteiger partial charge in [-0.1, -0.05) is 19.3 Å². The predicted molar refractivity (Wildman–Crippen MR) is 74.7 cm³/mol. The molecule has 20 heavy (non-hydrogen) atoms. The van der Waals surface area contributed by atoms with Crippen molar-refractivity contribution in [1.29, 1.82) is 0 Å². The predicted octanol–water partition coefficient (Wildman–Crippen LogP) is 1.01. The Bertz CT molecular complexity index is 427. The van der Waals surface area contributed by atoms with Gasteiger partial charge in [-0.05, 0) is 18.9 Å². The van der Waals surface area contributed by atoms with Crippen LogP contribution in [0.25, 0.3) is 0 Å². The van der Waals surface area contributed by atoms with E-state index in [9.17, 15) is 9.90 Å². The quantitative estimate of drug-likeness (QED) is 0.411. The Kier molecular flexibility index (Phi) is 5.58. The van der Waals surface area contributed by atoms with Gasteiger partial charge in [0.1, 0.15) is 5.76 Å². The van der Waals surface area contributed by atoms with Crippen molar-refractivity contribution in [2.24, 2.45) is 5.84 Å². The van der Waals surface area contributed by atoms with Gasteiger partial charge in [0.15, 0.2) is 0 Å². The fourth-order valence-corrected chi connectivity index (χ4v) is 2.89. The molecule has 0 aliphatic heterocycles. The topological polar surface area (TPSA) is 91.7 Å². The number of aliphatic hydroxyl groups is 1. The number of carbonyl (C=O) groups is 1. The van der Waals surface area contributed by atoms with Crippen LogP contribution in [0, 0.1) is 0 Å². The zero-order valence-corrected chi connectivity index (χ0v) is 11.7. The van der Waals surface area contributed by atoms with Crippen molar-refractivity contribution >= 4 is 5.91 Å². The van der Waals surface area contributed by atoms with Gasteiger partial charge in [-0.15, -0.1) is 0 Å². The Balaban J connectivity index is 2.07. The second-order valence-electron chi connectivity index (χ2n) is 5.22. The zero-order valence-electron chi connectivity index (χ0n) is 11.7. The van der Waals surface area contributed by atoms with Gasteiger partial charge < -0.3 is 9.52 Å². The molecule has 6 nitrogen and oxygen atoms in total. The fourth-order valence-electron chi connectivity index (χ4n) is 2.89. The van der Waals surface area contributed by atoms with E-state index in [1.165, 1.54) is 25.5 Å². The number of hydrazine groups is 1. The molecule has 0 unspecified atom stereocenters. The molecule has 1 amide bonds.